The molecule has 0 aliphatic heterocycles. The predicted molar refractivity (Wildman–Crippen MR) is 80.6 cm³/mol. The number of ether oxygens (including phenoxy) is 3. The van der Waals surface area contributed by atoms with Gasteiger partial charge in [0.05, 0.1) is 26.0 Å². The van der Waals surface area contributed by atoms with Crippen LogP contribution in [-0.4, -0.2) is 20.3 Å². The van der Waals surface area contributed by atoms with Crippen molar-refractivity contribution in [2.24, 2.45) is 5.92 Å². The number of benzene rings is 1. The second kappa shape index (κ2) is 6.73. The summed E-state index contributed by atoms with van der Waals surface area (Å²) >= 11 is 0. The number of methoxy groups -OCH3 is 2. The van der Waals surface area contributed by atoms with E-state index >= 15 is 0 Å². The molecule has 4 heteroatoms. The summed E-state index contributed by atoms with van der Waals surface area (Å²) in [6.07, 6.45) is 6.25. The summed E-state index contributed by atoms with van der Waals surface area (Å²) in [7, 11) is 3.22. The third-order valence-electron chi connectivity index (χ3n) is 4.12. The Morgan fingerprint density at radius 3 is 2.45 bits per heavy atom. The van der Waals surface area contributed by atoms with Gasteiger partial charge in [0.2, 0.25) is 0 Å². The molecule has 0 amide bonds. The predicted octanol–water partition coefficient (Wildman–Crippen LogP) is 3.63. The summed E-state index contributed by atoms with van der Waals surface area (Å²) in [5.41, 5.74) is 6.64. The molecule has 1 saturated carbocycles. The van der Waals surface area contributed by atoms with Crippen molar-refractivity contribution in [1.82, 2.24) is 0 Å². The van der Waals surface area contributed by atoms with E-state index in [4.69, 9.17) is 19.9 Å². The van der Waals surface area contributed by atoms with Crippen LogP contribution < -0.4 is 19.9 Å². The Morgan fingerprint density at radius 1 is 1.10 bits per heavy atom. The highest BCUT2D eigenvalue weighted by Crippen LogP contribution is 2.38. The van der Waals surface area contributed by atoms with Gasteiger partial charge in [-0.2, -0.15) is 0 Å². The van der Waals surface area contributed by atoms with Crippen LogP contribution in [0, 0.1) is 5.92 Å². The van der Waals surface area contributed by atoms with E-state index in [2.05, 4.69) is 6.92 Å². The lowest BCUT2D eigenvalue weighted by Crippen LogP contribution is -2.25. The number of hydrogen-bond acceptors (Lipinski definition) is 4. The van der Waals surface area contributed by atoms with Gasteiger partial charge >= 0.3 is 0 Å². The van der Waals surface area contributed by atoms with Crippen molar-refractivity contribution in [1.29, 1.82) is 0 Å². The molecular weight excluding hydrogens is 254 g/mol. The molecule has 0 aromatic heterocycles. The van der Waals surface area contributed by atoms with Crippen molar-refractivity contribution < 1.29 is 14.2 Å². The summed E-state index contributed by atoms with van der Waals surface area (Å²) < 4.78 is 16.6. The number of anilines is 1. The van der Waals surface area contributed by atoms with E-state index in [1.807, 2.05) is 6.07 Å². The van der Waals surface area contributed by atoms with Crippen molar-refractivity contribution in [3.8, 4) is 17.2 Å². The molecule has 2 unspecified atom stereocenters. The highest BCUT2D eigenvalue weighted by atomic mass is 16.5. The van der Waals surface area contributed by atoms with Crippen molar-refractivity contribution in [3.63, 3.8) is 0 Å². The van der Waals surface area contributed by atoms with Crippen LogP contribution in [0.15, 0.2) is 12.1 Å². The fourth-order valence-corrected chi connectivity index (χ4v) is 2.88. The topological polar surface area (TPSA) is 53.7 Å². The van der Waals surface area contributed by atoms with Crippen molar-refractivity contribution in [3.05, 3.63) is 12.1 Å². The number of nitrogens with two attached hydrogens (primary N) is 1. The minimum atomic E-state index is 0.258. The monoisotopic (exact) mass is 279 g/mol. The van der Waals surface area contributed by atoms with Crippen LogP contribution in [0.2, 0.25) is 0 Å². The highest BCUT2D eigenvalue weighted by Gasteiger charge is 2.23. The summed E-state index contributed by atoms with van der Waals surface area (Å²) in [5, 5.41) is 0. The molecule has 1 aromatic rings. The van der Waals surface area contributed by atoms with Gasteiger partial charge in [-0.15, -0.1) is 0 Å². The molecule has 112 valence electrons. The Hall–Kier alpha value is -1.58. The molecule has 1 aliphatic rings. The third kappa shape index (κ3) is 3.30. The molecule has 2 atom stereocenters. The lowest BCUT2D eigenvalue weighted by atomic mass is 9.85. The van der Waals surface area contributed by atoms with Gasteiger partial charge < -0.3 is 19.9 Å². The zero-order valence-electron chi connectivity index (χ0n) is 12.6. The maximum atomic E-state index is 6.10. The molecule has 1 aliphatic carbocycles. The van der Waals surface area contributed by atoms with Crippen LogP contribution in [0.5, 0.6) is 17.2 Å². The Labute approximate surface area is 121 Å². The fraction of sp³-hybridized carbons (Fsp3) is 0.625. The maximum Gasteiger partial charge on any atom is 0.164 e. The third-order valence-corrected chi connectivity index (χ3v) is 4.12. The zero-order valence-corrected chi connectivity index (χ0v) is 12.6. The quantitative estimate of drug-likeness (QED) is 0.836. The second-order valence-electron chi connectivity index (χ2n) is 5.43. The summed E-state index contributed by atoms with van der Waals surface area (Å²) in [5.74, 6) is 2.76. The van der Waals surface area contributed by atoms with E-state index in [0.29, 0.717) is 22.9 Å². The van der Waals surface area contributed by atoms with Gasteiger partial charge in [-0.05, 0) is 25.2 Å². The van der Waals surface area contributed by atoms with E-state index in [9.17, 15) is 0 Å². The Morgan fingerprint density at radius 2 is 1.80 bits per heavy atom. The van der Waals surface area contributed by atoms with Crippen molar-refractivity contribution in [2.45, 2.75) is 45.1 Å². The molecule has 2 N–H and O–H groups in total. The first-order chi connectivity index (χ1) is 9.67. The van der Waals surface area contributed by atoms with Gasteiger partial charge in [-0.1, -0.05) is 19.8 Å². The molecule has 2 rings (SSSR count). The first-order valence-corrected chi connectivity index (χ1v) is 7.36. The second-order valence-corrected chi connectivity index (χ2v) is 5.43. The Bertz CT molecular complexity index is 448. The van der Waals surface area contributed by atoms with Gasteiger partial charge in [0.15, 0.2) is 11.5 Å². The zero-order chi connectivity index (χ0) is 14.5. The van der Waals surface area contributed by atoms with Crippen LogP contribution in [0.3, 0.4) is 0 Å². The summed E-state index contributed by atoms with van der Waals surface area (Å²) in [6, 6.07) is 3.58. The van der Waals surface area contributed by atoms with Crippen LogP contribution >= 0.6 is 0 Å². The Kier molecular flexibility index (Phi) is 4.99. The molecule has 0 heterocycles. The minimum absolute atomic E-state index is 0.258. The first-order valence-electron chi connectivity index (χ1n) is 7.36. The smallest absolute Gasteiger partial charge is 0.164 e. The van der Waals surface area contributed by atoms with Gasteiger partial charge in [0, 0.05) is 12.1 Å². The van der Waals surface area contributed by atoms with E-state index < -0.39 is 0 Å². The molecule has 4 nitrogen and oxygen atoms in total. The normalized spacial score (nSPS) is 22.4. The van der Waals surface area contributed by atoms with E-state index in [1.165, 1.54) is 19.3 Å². The van der Waals surface area contributed by atoms with Crippen molar-refractivity contribution in [2.75, 3.05) is 20.0 Å². The SMILES string of the molecule is CCC1CCCC(Oc2cc(OC)c(OC)cc2N)C1. The van der Waals surface area contributed by atoms with E-state index in [0.717, 1.165) is 18.8 Å². The summed E-state index contributed by atoms with van der Waals surface area (Å²) in [6.45, 7) is 2.25. The molecule has 0 bridgehead atoms. The van der Waals surface area contributed by atoms with E-state index in [1.54, 1.807) is 20.3 Å². The van der Waals surface area contributed by atoms with Gasteiger partial charge in [-0.3, -0.25) is 0 Å². The molecule has 0 saturated heterocycles. The van der Waals surface area contributed by atoms with Crippen LogP contribution in [0.1, 0.15) is 39.0 Å². The molecule has 1 aromatic carbocycles. The molecular formula is C16H25NO3. The Balaban J connectivity index is 2.12. The molecule has 20 heavy (non-hydrogen) atoms. The first kappa shape index (κ1) is 14.8. The molecule has 0 spiro atoms. The minimum Gasteiger partial charge on any atom is -0.493 e. The number of nitrogen functional groups attached to an aromatic ring is 1. The standard InChI is InChI=1S/C16H25NO3/c1-4-11-6-5-7-12(8-11)20-14-10-16(19-3)15(18-2)9-13(14)17/h9-12H,4-8,17H2,1-3H3. The van der Waals surface area contributed by atoms with Gasteiger partial charge in [0.1, 0.15) is 5.75 Å². The fourth-order valence-electron chi connectivity index (χ4n) is 2.88. The largest absolute Gasteiger partial charge is 0.493 e. The lowest BCUT2D eigenvalue weighted by molar-refractivity contribution is 0.122. The van der Waals surface area contributed by atoms with Crippen LogP contribution in [-0.2, 0) is 0 Å². The van der Waals surface area contributed by atoms with Gasteiger partial charge in [0.25, 0.3) is 0 Å². The number of rotatable bonds is 5. The van der Waals surface area contributed by atoms with Crippen molar-refractivity contribution >= 4 is 5.69 Å². The maximum absolute atomic E-state index is 6.10. The lowest BCUT2D eigenvalue weighted by Gasteiger charge is -2.29. The van der Waals surface area contributed by atoms with Crippen LogP contribution in [0.4, 0.5) is 5.69 Å². The summed E-state index contributed by atoms with van der Waals surface area (Å²) in [4.78, 5) is 0. The van der Waals surface area contributed by atoms with Gasteiger partial charge in [-0.25, -0.2) is 0 Å². The average molecular weight is 279 g/mol. The molecule has 0 radical (unpaired) electrons. The van der Waals surface area contributed by atoms with Crippen LogP contribution in [0.25, 0.3) is 0 Å². The molecule has 1 fully saturated rings. The highest BCUT2D eigenvalue weighted by molar-refractivity contribution is 5.62. The average Bonchev–Trinajstić information content (AvgIpc) is 2.49. The van der Waals surface area contributed by atoms with E-state index in [-0.39, 0.29) is 6.10 Å². The number of hydrogen-bond donors (Lipinski definition) is 1.